The Labute approximate surface area is 165 Å². The Morgan fingerprint density at radius 3 is 2.57 bits per heavy atom. The maximum atomic E-state index is 13.6. The molecule has 0 radical (unpaired) electrons. The first-order valence-electron chi connectivity index (χ1n) is 8.24. The molecule has 2 aromatic rings. The van der Waals surface area contributed by atoms with Gasteiger partial charge in [-0.1, -0.05) is 11.6 Å². The first kappa shape index (κ1) is 21.4. The van der Waals surface area contributed by atoms with Crippen LogP contribution in [0.5, 0.6) is 11.5 Å². The molecule has 1 atom stereocenters. The second kappa shape index (κ2) is 9.36. The molecule has 0 saturated heterocycles. The van der Waals surface area contributed by atoms with Gasteiger partial charge < -0.3 is 19.5 Å². The van der Waals surface area contributed by atoms with Gasteiger partial charge in [-0.25, -0.2) is 13.6 Å². The van der Waals surface area contributed by atoms with Gasteiger partial charge in [0.1, 0.15) is 11.6 Å². The minimum absolute atomic E-state index is 0.0295. The molecule has 0 aromatic heterocycles. The summed E-state index contributed by atoms with van der Waals surface area (Å²) in [4.78, 5) is 24.5. The van der Waals surface area contributed by atoms with Crippen LogP contribution in [0.2, 0.25) is 5.02 Å². The third kappa shape index (κ3) is 5.10. The van der Waals surface area contributed by atoms with E-state index in [1.807, 2.05) is 0 Å². The van der Waals surface area contributed by atoms with Crippen LogP contribution in [0.25, 0.3) is 0 Å². The summed E-state index contributed by atoms with van der Waals surface area (Å²) in [7, 11) is 1.38. The lowest BCUT2D eigenvalue weighted by Crippen LogP contribution is -2.30. The van der Waals surface area contributed by atoms with Gasteiger partial charge in [-0.05, 0) is 38.1 Å². The van der Waals surface area contributed by atoms with Crippen molar-refractivity contribution in [2.45, 2.75) is 20.0 Å². The van der Waals surface area contributed by atoms with Gasteiger partial charge in [0.05, 0.1) is 30.0 Å². The number of methoxy groups -OCH3 is 1. The average Bonchev–Trinajstić information content (AvgIpc) is 2.65. The molecule has 0 aliphatic carbocycles. The van der Waals surface area contributed by atoms with Gasteiger partial charge in [0.15, 0.2) is 17.6 Å². The van der Waals surface area contributed by atoms with E-state index < -0.39 is 29.6 Å². The van der Waals surface area contributed by atoms with Gasteiger partial charge in [-0.3, -0.25) is 4.79 Å². The third-order valence-electron chi connectivity index (χ3n) is 3.59. The summed E-state index contributed by atoms with van der Waals surface area (Å²) in [5.41, 5.74) is -0.333. The van der Waals surface area contributed by atoms with Crippen LogP contribution in [-0.2, 0) is 9.53 Å². The molecule has 0 fully saturated rings. The fourth-order valence-electron chi connectivity index (χ4n) is 2.23. The molecule has 1 N–H and O–H groups in total. The number of rotatable bonds is 7. The quantitative estimate of drug-likeness (QED) is 0.688. The van der Waals surface area contributed by atoms with Crippen LogP contribution in [0.1, 0.15) is 24.2 Å². The Morgan fingerprint density at radius 2 is 1.93 bits per heavy atom. The van der Waals surface area contributed by atoms with E-state index in [2.05, 4.69) is 5.32 Å². The predicted molar refractivity (Wildman–Crippen MR) is 99.0 cm³/mol. The summed E-state index contributed by atoms with van der Waals surface area (Å²) in [5, 5.41) is 2.30. The van der Waals surface area contributed by atoms with Gasteiger partial charge in [-0.2, -0.15) is 0 Å². The summed E-state index contributed by atoms with van der Waals surface area (Å²) in [5.74, 6) is -2.74. The van der Waals surface area contributed by atoms with Crippen molar-refractivity contribution in [2.24, 2.45) is 0 Å². The molecule has 9 heteroatoms. The van der Waals surface area contributed by atoms with Crippen molar-refractivity contribution >= 4 is 29.2 Å². The molecule has 150 valence electrons. The molecule has 2 rings (SSSR count). The van der Waals surface area contributed by atoms with Gasteiger partial charge in [0.2, 0.25) is 0 Å². The van der Waals surface area contributed by atoms with Crippen molar-refractivity contribution in [2.75, 3.05) is 19.0 Å². The number of esters is 1. The number of halogens is 3. The maximum absolute atomic E-state index is 13.6. The summed E-state index contributed by atoms with van der Waals surface area (Å²) in [6, 6.07) is 5.27. The first-order chi connectivity index (χ1) is 13.3. The molecule has 0 bridgehead atoms. The van der Waals surface area contributed by atoms with E-state index in [1.165, 1.54) is 26.2 Å². The predicted octanol–water partition coefficient (Wildman–Crippen LogP) is 4.21. The van der Waals surface area contributed by atoms with E-state index in [0.29, 0.717) is 6.61 Å². The van der Waals surface area contributed by atoms with Gasteiger partial charge in [-0.15, -0.1) is 0 Å². The second-order valence-electron chi connectivity index (χ2n) is 5.58. The van der Waals surface area contributed by atoms with E-state index >= 15 is 0 Å². The number of hydrogen-bond donors (Lipinski definition) is 1. The van der Waals surface area contributed by atoms with Crippen molar-refractivity contribution in [1.82, 2.24) is 0 Å². The number of carbonyl (C=O) groups excluding carboxylic acids is 2. The fourth-order valence-corrected chi connectivity index (χ4v) is 2.50. The van der Waals surface area contributed by atoms with Crippen LogP contribution >= 0.6 is 11.6 Å². The lowest BCUT2D eigenvalue weighted by atomic mass is 10.2. The number of nitrogens with one attached hydrogen (secondary N) is 1. The average molecular weight is 414 g/mol. The Morgan fingerprint density at radius 1 is 1.21 bits per heavy atom. The Hall–Kier alpha value is -2.87. The lowest BCUT2D eigenvalue weighted by Gasteiger charge is -2.16. The molecule has 2 aromatic carbocycles. The van der Waals surface area contributed by atoms with Gasteiger partial charge in [0, 0.05) is 6.07 Å². The molecule has 6 nitrogen and oxygen atoms in total. The molecule has 0 aliphatic rings. The smallest absolute Gasteiger partial charge is 0.339 e. The number of anilines is 1. The van der Waals surface area contributed by atoms with Crippen molar-refractivity contribution in [3.05, 3.63) is 52.6 Å². The van der Waals surface area contributed by atoms with Crippen molar-refractivity contribution in [1.29, 1.82) is 0 Å². The summed E-state index contributed by atoms with van der Waals surface area (Å²) in [6.45, 7) is 3.39. The highest BCUT2D eigenvalue weighted by molar-refractivity contribution is 6.32. The van der Waals surface area contributed by atoms with Crippen molar-refractivity contribution in [3.8, 4) is 11.5 Å². The van der Waals surface area contributed by atoms with Crippen LogP contribution in [0.15, 0.2) is 30.3 Å². The first-order valence-corrected chi connectivity index (χ1v) is 8.61. The minimum atomic E-state index is -1.29. The van der Waals surface area contributed by atoms with Crippen LogP contribution in [0.4, 0.5) is 14.5 Å². The number of amides is 1. The lowest BCUT2D eigenvalue weighted by molar-refractivity contribution is -0.123. The van der Waals surface area contributed by atoms with E-state index in [-0.39, 0.29) is 27.8 Å². The SMILES string of the molecule is CCOc1c(Cl)cc(C(=O)OC(C)C(=O)Nc2cc(F)ccc2F)cc1OC. The standard InChI is InChI=1S/C19H18ClF2NO5/c1-4-27-17-13(20)7-11(8-16(17)26-3)19(25)28-10(2)18(24)23-15-9-12(21)5-6-14(15)22/h5-10H,4H2,1-3H3,(H,23,24). The topological polar surface area (TPSA) is 73.9 Å². The monoisotopic (exact) mass is 413 g/mol. The second-order valence-corrected chi connectivity index (χ2v) is 5.99. The molecular formula is C19H18ClF2NO5. The summed E-state index contributed by atoms with van der Waals surface area (Å²) in [6.07, 6.45) is -1.29. The fraction of sp³-hybridized carbons (Fsp3) is 0.263. The molecule has 0 spiro atoms. The number of ether oxygens (including phenoxy) is 3. The Kier molecular flexibility index (Phi) is 7.17. The maximum Gasteiger partial charge on any atom is 0.339 e. The van der Waals surface area contributed by atoms with Gasteiger partial charge >= 0.3 is 5.97 Å². The van der Waals surface area contributed by atoms with E-state index in [1.54, 1.807) is 6.92 Å². The highest BCUT2D eigenvalue weighted by Gasteiger charge is 2.22. The summed E-state index contributed by atoms with van der Waals surface area (Å²) >= 11 is 6.11. The highest BCUT2D eigenvalue weighted by atomic mass is 35.5. The van der Waals surface area contributed by atoms with Crippen LogP contribution in [0.3, 0.4) is 0 Å². The van der Waals surface area contributed by atoms with E-state index in [4.69, 9.17) is 25.8 Å². The van der Waals surface area contributed by atoms with Gasteiger partial charge in [0.25, 0.3) is 5.91 Å². The normalized spacial score (nSPS) is 11.5. The molecule has 1 unspecified atom stereocenters. The molecule has 0 heterocycles. The largest absolute Gasteiger partial charge is 0.493 e. The van der Waals surface area contributed by atoms with Crippen LogP contribution in [0, 0.1) is 11.6 Å². The zero-order valence-corrected chi connectivity index (χ0v) is 16.1. The van der Waals surface area contributed by atoms with Crippen LogP contribution in [-0.4, -0.2) is 31.7 Å². The van der Waals surface area contributed by atoms with Crippen LogP contribution < -0.4 is 14.8 Å². The molecule has 0 saturated carbocycles. The molecule has 0 aliphatic heterocycles. The molecular weight excluding hydrogens is 396 g/mol. The Bertz CT molecular complexity index is 891. The number of hydrogen-bond acceptors (Lipinski definition) is 5. The molecule has 28 heavy (non-hydrogen) atoms. The number of carbonyl (C=O) groups is 2. The Balaban J connectivity index is 2.12. The highest BCUT2D eigenvalue weighted by Crippen LogP contribution is 2.36. The minimum Gasteiger partial charge on any atom is -0.493 e. The zero-order chi connectivity index (χ0) is 20.8. The van der Waals surface area contributed by atoms with E-state index in [0.717, 1.165) is 18.2 Å². The summed E-state index contributed by atoms with van der Waals surface area (Å²) < 4.78 is 42.4. The van der Waals surface area contributed by atoms with Crippen molar-refractivity contribution < 1.29 is 32.6 Å². The number of benzene rings is 2. The van der Waals surface area contributed by atoms with Crippen molar-refractivity contribution in [3.63, 3.8) is 0 Å². The van der Waals surface area contributed by atoms with E-state index in [9.17, 15) is 18.4 Å². The third-order valence-corrected chi connectivity index (χ3v) is 3.87. The zero-order valence-electron chi connectivity index (χ0n) is 15.3. The molecule has 1 amide bonds.